The van der Waals surface area contributed by atoms with Gasteiger partial charge in [0.1, 0.15) is 5.78 Å². The Morgan fingerprint density at radius 1 is 1.25 bits per heavy atom. The van der Waals surface area contributed by atoms with Crippen LogP contribution >= 0.6 is 0 Å². The summed E-state index contributed by atoms with van der Waals surface area (Å²) in [6.45, 7) is 2.16. The van der Waals surface area contributed by atoms with Crippen molar-refractivity contribution < 1.29 is 9.59 Å². The lowest BCUT2D eigenvalue weighted by Crippen LogP contribution is -2.19. The number of unbranched alkanes of at least 4 members (excludes halogenated alkanes) is 1. The number of hydrogen-bond donors (Lipinski definition) is 0. The molecule has 0 amide bonds. The minimum absolute atomic E-state index is 0.0329. The molecule has 0 spiro atoms. The van der Waals surface area contributed by atoms with Crippen molar-refractivity contribution in [2.45, 2.75) is 51.9 Å². The molecule has 0 N–H and O–H groups in total. The lowest BCUT2D eigenvalue weighted by atomic mass is 9.85. The highest BCUT2D eigenvalue weighted by atomic mass is 16.1. The molecule has 2 aliphatic rings. The average Bonchev–Trinajstić information content (AvgIpc) is 2.68. The monoisotopic (exact) mass is 220 g/mol. The lowest BCUT2D eigenvalue weighted by Gasteiger charge is -2.18. The van der Waals surface area contributed by atoms with Crippen LogP contribution in [0.2, 0.25) is 0 Å². The van der Waals surface area contributed by atoms with Crippen LogP contribution in [0, 0.1) is 11.8 Å². The van der Waals surface area contributed by atoms with Crippen molar-refractivity contribution in [1.29, 1.82) is 0 Å². The van der Waals surface area contributed by atoms with Crippen molar-refractivity contribution in [1.82, 2.24) is 0 Å². The van der Waals surface area contributed by atoms with E-state index in [0.717, 1.165) is 38.5 Å². The highest BCUT2D eigenvalue weighted by Gasteiger charge is 2.37. The molecule has 2 aliphatic carbocycles. The Kier molecular flexibility index (Phi) is 3.57. The molecule has 16 heavy (non-hydrogen) atoms. The van der Waals surface area contributed by atoms with E-state index >= 15 is 0 Å². The van der Waals surface area contributed by atoms with E-state index in [1.54, 1.807) is 6.08 Å². The summed E-state index contributed by atoms with van der Waals surface area (Å²) >= 11 is 0. The fourth-order valence-electron chi connectivity index (χ4n) is 3.10. The second-order valence-electron chi connectivity index (χ2n) is 5.08. The van der Waals surface area contributed by atoms with Gasteiger partial charge in [-0.3, -0.25) is 9.59 Å². The van der Waals surface area contributed by atoms with Gasteiger partial charge in [-0.05, 0) is 37.7 Å². The van der Waals surface area contributed by atoms with Crippen molar-refractivity contribution >= 4 is 11.6 Å². The Bertz CT molecular complexity index is 328. The van der Waals surface area contributed by atoms with Gasteiger partial charge in [0.25, 0.3) is 0 Å². The smallest absolute Gasteiger partial charge is 0.163 e. The molecule has 1 fully saturated rings. The molecule has 0 aromatic rings. The van der Waals surface area contributed by atoms with Gasteiger partial charge in [-0.1, -0.05) is 25.3 Å². The van der Waals surface area contributed by atoms with Crippen LogP contribution in [0.1, 0.15) is 51.9 Å². The summed E-state index contributed by atoms with van der Waals surface area (Å²) in [7, 11) is 0. The first-order valence-corrected chi connectivity index (χ1v) is 6.48. The summed E-state index contributed by atoms with van der Waals surface area (Å²) in [5.41, 5.74) is 1.26. The summed E-state index contributed by atoms with van der Waals surface area (Å²) in [5, 5.41) is 0. The molecular formula is C14H20O2. The number of ketones is 2. The standard InChI is InChI=1S/C14H20O2/c1-2-3-5-10-8-11(15)9-14(16)13-7-4-6-12(10)13/h8,12-13H,2-7,9H2,1H3/t12-,13-/m1/s1. The van der Waals surface area contributed by atoms with Gasteiger partial charge >= 0.3 is 0 Å². The molecular weight excluding hydrogens is 200 g/mol. The van der Waals surface area contributed by atoms with Gasteiger partial charge < -0.3 is 0 Å². The second-order valence-corrected chi connectivity index (χ2v) is 5.08. The molecule has 2 nitrogen and oxygen atoms in total. The SMILES string of the molecule is CCCCC1=CC(=O)CC(=O)[C@@H]2CCC[C@H]12. The molecule has 2 atom stereocenters. The first-order chi connectivity index (χ1) is 7.72. The molecule has 0 heterocycles. The number of fused-ring (bicyclic) bond motifs is 1. The van der Waals surface area contributed by atoms with Crippen LogP contribution in [-0.4, -0.2) is 11.6 Å². The summed E-state index contributed by atoms with van der Waals surface area (Å²) in [4.78, 5) is 23.5. The summed E-state index contributed by atoms with van der Waals surface area (Å²) in [6.07, 6.45) is 8.49. The quantitative estimate of drug-likeness (QED) is 0.685. The Morgan fingerprint density at radius 3 is 2.75 bits per heavy atom. The van der Waals surface area contributed by atoms with Crippen LogP contribution in [0.5, 0.6) is 0 Å². The molecule has 0 unspecified atom stereocenters. The molecule has 0 radical (unpaired) electrons. The maximum absolute atomic E-state index is 11.9. The molecule has 0 aromatic carbocycles. The van der Waals surface area contributed by atoms with Crippen molar-refractivity contribution in [3.05, 3.63) is 11.6 Å². The summed E-state index contributed by atoms with van der Waals surface area (Å²) in [5.74, 6) is 0.779. The van der Waals surface area contributed by atoms with Gasteiger partial charge in [0.15, 0.2) is 5.78 Å². The van der Waals surface area contributed by atoms with Crippen LogP contribution in [0.15, 0.2) is 11.6 Å². The van der Waals surface area contributed by atoms with Gasteiger partial charge in [-0.25, -0.2) is 0 Å². The zero-order chi connectivity index (χ0) is 11.5. The van der Waals surface area contributed by atoms with Crippen molar-refractivity contribution in [3.8, 4) is 0 Å². The first-order valence-electron chi connectivity index (χ1n) is 6.48. The van der Waals surface area contributed by atoms with E-state index in [4.69, 9.17) is 0 Å². The Labute approximate surface area is 97.1 Å². The van der Waals surface area contributed by atoms with E-state index in [1.165, 1.54) is 5.57 Å². The van der Waals surface area contributed by atoms with E-state index in [-0.39, 0.29) is 23.9 Å². The van der Waals surface area contributed by atoms with E-state index in [1.807, 2.05) is 0 Å². The third kappa shape index (κ3) is 2.26. The van der Waals surface area contributed by atoms with E-state index in [2.05, 4.69) is 6.92 Å². The van der Waals surface area contributed by atoms with E-state index in [0.29, 0.717) is 5.92 Å². The summed E-state index contributed by atoms with van der Waals surface area (Å²) in [6, 6.07) is 0. The van der Waals surface area contributed by atoms with Gasteiger partial charge in [-0.15, -0.1) is 0 Å². The number of carbonyl (C=O) groups is 2. The molecule has 0 bridgehead atoms. The maximum atomic E-state index is 11.9. The number of rotatable bonds is 3. The molecule has 0 aliphatic heterocycles. The predicted molar refractivity (Wildman–Crippen MR) is 63.1 cm³/mol. The number of allylic oxidation sites excluding steroid dienone is 2. The van der Waals surface area contributed by atoms with E-state index < -0.39 is 0 Å². The molecule has 2 rings (SSSR count). The topological polar surface area (TPSA) is 34.1 Å². The normalized spacial score (nSPS) is 29.9. The maximum Gasteiger partial charge on any atom is 0.163 e. The van der Waals surface area contributed by atoms with Crippen molar-refractivity contribution in [2.75, 3.05) is 0 Å². The molecule has 0 aromatic heterocycles. The lowest BCUT2D eigenvalue weighted by molar-refractivity contribution is -0.127. The van der Waals surface area contributed by atoms with Crippen molar-refractivity contribution in [3.63, 3.8) is 0 Å². The fraction of sp³-hybridized carbons (Fsp3) is 0.714. The molecule has 0 saturated heterocycles. The van der Waals surface area contributed by atoms with Crippen LogP contribution in [-0.2, 0) is 9.59 Å². The number of Topliss-reactive ketones (excluding diaryl/α,β-unsaturated/α-hetero) is 1. The Hall–Kier alpha value is -0.920. The minimum atomic E-state index is 0.0329. The van der Waals surface area contributed by atoms with Gasteiger partial charge in [0.05, 0.1) is 6.42 Å². The average molecular weight is 220 g/mol. The Morgan fingerprint density at radius 2 is 2.00 bits per heavy atom. The highest BCUT2D eigenvalue weighted by Crippen LogP contribution is 2.41. The fourth-order valence-corrected chi connectivity index (χ4v) is 3.10. The second kappa shape index (κ2) is 4.94. The van der Waals surface area contributed by atoms with Crippen molar-refractivity contribution in [2.24, 2.45) is 11.8 Å². The first kappa shape index (κ1) is 11.6. The van der Waals surface area contributed by atoms with Crippen LogP contribution in [0.3, 0.4) is 0 Å². The third-order valence-corrected chi connectivity index (χ3v) is 3.92. The summed E-state index contributed by atoms with van der Waals surface area (Å²) < 4.78 is 0. The highest BCUT2D eigenvalue weighted by molar-refractivity contribution is 6.06. The number of carbonyl (C=O) groups excluding carboxylic acids is 2. The number of hydrogen-bond acceptors (Lipinski definition) is 2. The van der Waals surface area contributed by atoms with Gasteiger partial charge in [0, 0.05) is 5.92 Å². The third-order valence-electron chi connectivity index (χ3n) is 3.92. The van der Waals surface area contributed by atoms with E-state index in [9.17, 15) is 9.59 Å². The molecule has 1 saturated carbocycles. The minimum Gasteiger partial charge on any atom is -0.299 e. The zero-order valence-corrected chi connectivity index (χ0v) is 10.00. The Balaban J connectivity index is 2.19. The zero-order valence-electron chi connectivity index (χ0n) is 10.00. The van der Waals surface area contributed by atoms with Crippen LogP contribution in [0.25, 0.3) is 0 Å². The predicted octanol–water partition coefficient (Wildman–Crippen LogP) is 3.06. The molecule has 2 heteroatoms. The largest absolute Gasteiger partial charge is 0.299 e. The van der Waals surface area contributed by atoms with Crippen LogP contribution in [0.4, 0.5) is 0 Å². The van der Waals surface area contributed by atoms with Gasteiger partial charge in [-0.2, -0.15) is 0 Å². The van der Waals surface area contributed by atoms with Gasteiger partial charge in [0.2, 0.25) is 0 Å². The van der Waals surface area contributed by atoms with Crippen LogP contribution < -0.4 is 0 Å². The molecule has 88 valence electrons.